The number of pyridine rings is 1. The number of nitrogens with one attached hydrogen (secondary N) is 2. The van der Waals surface area contributed by atoms with E-state index in [1.165, 1.54) is 12.8 Å². The number of hydrogen-bond acceptors (Lipinski definition) is 8. The largest absolute Gasteiger partial charge is 0.396 e. The topological polar surface area (TPSA) is 95.9 Å². The third-order valence-corrected chi connectivity index (χ3v) is 7.05. The molecule has 2 aliphatic rings. The van der Waals surface area contributed by atoms with Gasteiger partial charge in [0.2, 0.25) is 5.95 Å². The molecule has 158 valence electrons. The molecule has 2 unspecified atom stereocenters. The molecular formula is C22H28N6OS. The molecule has 5 rings (SSSR count). The lowest BCUT2D eigenvalue weighted by Gasteiger charge is -2.18. The maximum absolute atomic E-state index is 9.53. The molecule has 3 N–H and O–H groups in total. The number of aryl methyl sites for hydroxylation is 3. The summed E-state index contributed by atoms with van der Waals surface area (Å²) in [7, 11) is 0. The van der Waals surface area contributed by atoms with Gasteiger partial charge in [0.15, 0.2) is 0 Å². The number of aliphatic hydroxyl groups is 1. The number of anilines is 2. The highest BCUT2D eigenvalue weighted by molar-refractivity contribution is 7.21. The third-order valence-electron chi connectivity index (χ3n) is 6.03. The van der Waals surface area contributed by atoms with Crippen LogP contribution in [-0.4, -0.2) is 43.7 Å². The molecule has 8 heteroatoms. The van der Waals surface area contributed by atoms with Gasteiger partial charge < -0.3 is 15.7 Å². The smallest absolute Gasteiger partial charge is 0.225 e. The van der Waals surface area contributed by atoms with E-state index < -0.39 is 0 Å². The molecule has 3 heterocycles. The summed E-state index contributed by atoms with van der Waals surface area (Å²) in [5.41, 5.74) is 4.81. The Morgan fingerprint density at radius 2 is 1.77 bits per heavy atom. The van der Waals surface area contributed by atoms with Gasteiger partial charge >= 0.3 is 0 Å². The molecule has 0 bridgehead atoms. The van der Waals surface area contributed by atoms with E-state index in [0.29, 0.717) is 23.9 Å². The highest BCUT2D eigenvalue weighted by Gasteiger charge is 2.28. The van der Waals surface area contributed by atoms with Gasteiger partial charge in [0, 0.05) is 24.4 Å². The molecule has 0 spiro atoms. The molecule has 0 radical (unpaired) electrons. The number of thiazole rings is 1. The minimum atomic E-state index is 0.256. The second-order valence-electron chi connectivity index (χ2n) is 8.69. The first-order valence-corrected chi connectivity index (χ1v) is 11.6. The summed E-state index contributed by atoms with van der Waals surface area (Å²) in [5, 5.41) is 17.6. The predicted molar refractivity (Wildman–Crippen MR) is 121 cm³/mol. The molecule has 2 fully saturated rings. The van der Waals surface area contributed by atoms with Gasteiger partial charge in [-0.2, -0.15) is 4.98 Å². The van der Waals surface area contributed by atoms with Crippen molar-refractivity contribution in [2.45, 2.75) is 65.0 Å². The van der Waals surface area contributed by atoms with Gasteiger partial charge in [-0.05, 0) is 64.9 Å². The second kappa shape index (κ2) is 7.74. The van der Waals surface area contributed by atoms with Crippen LogP contribution >= 0.6 is 11.3 Å². The average Bonchev–Trinajstić information content (AvgIpc) is 3.22. The average molecular weight is 425 g/mol. The molecule has 0 aliphatic heterocycles. The zero-order valence-corrected chi connectivity index (χ0v) is 18.5. The Morgan fingerprint density at radius 3 is 2.50 bits per heavy atom. The minimum Gasteiger partial charge on any atom is -0.396 e. The maximum atomic E-state index is 9.53. The van der Waals surface area contributed by atoms with Crippen molar-refractivity contribution < 1.29 is 5.11 Å². The van der Waals surface area contributed by atoms with Crippen molar-refractivity contribution >= 4 is 33.3 Å². The molecule has 3 aromatic heterocycles. The Labute approximate surface area is 180 Å². The van der Waals surface area contributed by atoms with Crippen LogP contribution in [0.1, 0.15) is 49.2 Å². The molecule has 2 aliphatic carbocycles. The van der Waals surface area contributed by atoms with Gasteiger partial charge in [-0.1, -0.05) is 0 Å². The van der Waals surface area contributed by atoms with Crippen LogP contribution in [0.15, 0.2) is 6.07 Å². The summed E-state index contributed by atoms with van der Waals surface area (Å²) in [6.07, 6.45) is 5.41. The Balaban J connectivity index is 1.56. The van der Waals surface area contributed by atoms with Gasteiger partial charge in [-0.25, -0.2) is 9.97 Å². The zero-order chi connectivity index (χ0) is 20.8. The fraction of sp³-hybridized carbons (Fsp3) is 0.545. The maximum Gasteiger partial charge on any atom is 0.225 e. The van der Waals surface area contributed by atoms with Crippen LogP contribution in [0.5, 0.6) is 0 Å². The van der Waals surface area contributed by atoms with Gasteiger partial charge in [0.1, 0.15) is 16.3 Å². The van der Waals surface area contributed by atoms with E-state index in [-0.39, 0.29) is 6.61 Å². The predicted octanol–water partition coefficient (Wildman–Crippen LogP) is 4.22. The van der Waals surface area contributed by atoms with Crippen molar-refractivity contribution in [2.75, 3.05) is 17.2 Å². The Morgan fingerprint density at radius 1 is 0.967 bits per heavy atom. The van der Waals surface area contributed by atoms with E-state index in [4.69, 9.17) is 15.0 Å². The molecule has 2 atom stereocenters. The van der Waals surface area contributed by atoms with E-state index in [9.17, 15) is 5.11 Å². The van der Waals surface area contributed by atoms with E-state index >= 15 is 0 Å². The van der Waals surface area contributed by atoms with Gasteiger partial charge in [0.25, 0.3) is 0 Å². The summed E-state index contributed by atoms with van der Waals surface area (Å²) in [6, 6.07) is 2.90. The summed E-state index contributed by atoms with van der Waals surface area (Å²) < 4.78 is 1.14. The van der Waals surface area contributed by atoms with Crippen molar-refractivity contribution in [2.24, 2.45) is 5.92 Å². The van der Waals surface area contributed by atoms with E-state index in [2.05, 4.69) is 21.7 Å². The Hall–Kier alpha value is -2.32. The Kier molecular flexibility index (Phi) is 5.06. The highest BCUT2D eigenvalue weighted by Crippen LogP contribution is 2.39. The number of aliphatic hydroxyl groups excluding tert-OH is 1. The standard InChI is InChI=1S/C22H28N6OS/c1-11-8-17-19(13(3)23-11)27-21(30-17)18-12(2)24-22(26-15-6-7-15)28-20(18)25-16-5-4-14(9-16)10-29/h8,14-16,29H,4-7,9-10H2,1-3H3,(H2,24,25,26,28). The SMILES string of the molecule is Cc1cc2sc(-c3c(C)nc(NC4CC4)nc3NC3CCC(CO)C3)nc2c(C)n1. The summed E-state index contributed by atoms with van der Waals surface area (Å²) in [4.78, 5) is 19.1. The highest BCUT2D eigenvalue weighted by atomic mass is 32.1. The van der Waals surface area contributed by atoms with Crippen LogP contribution in [0.4, 0.5) is 11.8 Å². The first-order valence-electron chi connectivity index (χ1n) is 10.8. The molecule has 0 amide bonds. The lowest BCUT2D eigenvalue weighted by molar-refractivity contribution is 0.229. The molecule has 3 aromatic rings. The number of aromatic nitrogens is 4. The van der Waals surface area contributed by atoms with Crippen LogP contribution in [0, 0.1) is 26.7 Å². The van der Waals surface area contributed by atoms with Crippen molar-refractivity contribution in [1.29, 1.82) is 0 Å². The lowest BCUT2D eigenvalue weighted by Crippen LogP contribution is -2.19. The van der Waals surface area contributed by atoms with Crippen molar-refractivity contribution in [3.63, 3.8) is 0 Å². The zero-order valence-electron chi connectivity index (χ0n) is 17.7. The van der Waals surface area contributed by atoms with Crippen LogP contribution in [0.25, 0.3) is 20.8 Å². The molecular weight excluding hydrogens is 396 g/mol. The molecule has 2 saturated carbocycles. The van der Waals surface area contributed by atoms with Gasteiger partial charge in [-0.3, -0.25) is 4.98 Å². The second-order valence-corrected chi connectivity index (χ2v) is 9.72. The van der Waals surface area contributed by atoms with Crippen LogP contribution in [0.2, 0.25) is 0 Å². The quantitative estimate of drug-likeness (QED) is 0.545. The Bertz CT molecular complexity index is 1090. The normalized spacial score (nSPS) is 21.3. The van der Waals surface area contributed by atoms with Crippen LogP contribution in [-0.2, 0) is 0 Å². The van der Waals surface area contributed by atoms with Crippen molar-refractivity contribution in [3.8, 4) is 10.6 Å². The number of rotatable bonds is 6. The fourth-order valence-electron chi connectivity index (χ4n) is 4.31. The molecule has 7 nitrogen and oxygen atoms in total. The van der Waals surface area contributed by atoms with Crippen molar-refractivity contribution in [1.82, 2.24) is 19.9 Å². The van der Waals surface area contributed by atoms with Gasteiger partial charge in [-0.15, -0.1) is 11.3 Å². The van der Waals surface area contributed by atoms with E-state index in [1.807, 2.05) is 20.8 Å². The molecule has 0 aromatic carbocycles. The number of fused-ring (bicyclic) bond motifs is 1. The lowest BCUT2D eigenvalue weighted by atomic mass is 10.1. The number of nitrogens with zero attached hydrogens (tertiary/aromatic N) is 4. The summed E-state index contributed by atoms with van der Waals surface area (Å²) in [5.74, 6) is 1.90. The van der Waals surface area contributed by atoms with E-state index in [0.717, 1.165) is 62.9 Å². The minimum absolute atomic E-state index is 0.256. The summed E-state index contributed by atoms with van der Waals surface area (Å²) in [6.45, 7) is 6.32. The van der Waals surface area contributed by atoms with Crippen LogP contribution < -0.4 is 10.6 Å². The third kappa shape index (κ3) is 3.86. The van der Waals surface area contributed by atoms with Gasteiger partial charge in [0.05, 0.1) is 21.7 Å². The molecule has 30 heavy (non-hydrogen) atoms. The number of hydrogen-bond donors (Lipinski definition) is 3. The first kappa shape index (κ1) is 19.6. The molecule has 0 saturated heterocycles. The first-order chi connectivity index (χ1) is 14.5. The fourth-order valence-corrected chi connectivity index (χ4v) is 5.52. The van der Waals surface area contributed by atoms with Crippen LogP contribution in [0.3, 0.4) is 0 Å². The monoisotopic (exact) mass is 424 g/mol. The summed E-state index contributed by atoms with van der Waals surface area (Å²) >= 11 is 1.67. The van der Waals surface area contributed by atoms with E-state index in [1.54, 1.807) is 11.3 Å². The van der Waals surface area contributed by atoms with Crippen molar-refractivity contribution in [3.05, 3.63) is 23.1 Å².